The molecule has 0 atom stereocenters. The molecule has 4 N–H and O–H groups in total. The summed E-state index contributed by atoms with van der Waals surface area (Å²) in [7, 11) is 5.69. The smallest absolute Gasteiger partial charge is 0.335 e. The van der Waals surface area contributed by atoms with Gasteiger partial charge >= 0.3 is 23.9 Å². The zero-order valence-corrected chi connectivity index (χ0v) is 52.0. The lowest BCUT2D eigenvalue weighted by molar-refractivity contribution is 0.0686. The summed E-state index contributed by atoms with van der Waals surface area (Å²) in [5, 5.41) is 40.2. The minimum Gasteiger partial charge on any atom is -0.496 e. The molecule has 90 heavy (non-hydrogen) atoms. The number of aryl methyl sites for hydroxylation is 6. The molecule has 0 unspecified atom stereocenters. The fourth-order valence-electron chi connectivity index (χ4n) is 8.99. The monoisotopic (exact) mass is 1210 g/mol. The van der Waals surface area contributed by atoms with E-state index in [1.165, 1.54) is 110 Å². The van der Waals surface area contributed by atoms with Crippen molar-refractivity contribution in [3.05, 3.63) is 296 Å². The maximum absolute atomic E-state index is 12.3. The number of hydrogen-bond donors (Lipinski definition) is 4. The van der Waals surface area contributed by atoms with Gasteiger partial charge < -0.3 is 39.4 Å². The van der Waals surface area contributed by atoms with Gasteiger partial charge in [-0.1, -0.05) is 0 Å². The minimum absolute atomic E-state index is 0.0102. The SMILES string of the molecule is COc1c2cc(C(=O)O)cc1Cc1cc(C(=O)O)cc(c1OC)Cc1cc(C(=O)O)cc(c1OC)Cc1cc(C(=O)O)cc(c1OC)C2.Cc1ccncc1.Cc1ccncc1.Cc1ccncc1.Cc1ccncc1.Cc1ccncc1.Cc1ccncc1. The lowest BCUT2D eigenvalue weighted by Gasteiger charge is -2.22. The van der Waals surface area contributed by atoms with Gasteiger partial charge in [-0.15, -0.1) is 0 Å². The van der Waals surface area contributed by atoms with Gasteiger partial charge in [0.1, 0.15) is 23.0 Å². The van der Waals surface area contributed by atoms with Crippen molar-refractivity contribution in [1.29, 1.82) is 0 Å². The van der Waals surface area contributed by atoms with Crippen LogP contribution in [0.25, 0.3) is 0 Å². The van der Waals surface area contributed by atoms with Crippen molar-refractivity contribution < 1.29 is 58.6 Å². The summed E-state index contributed by atoms with van der Waals surface area (Å²) in [6.07, 6.45) is 21.4. The number of rotatable bonds is 8. The molecule has 0 aliphatic heterocycles. The Balaban J connectivity index is 0.000000273. The standard InChI is InChI=1S/C36H32O12.6C6H7N/c1-45-29-17-5-19-11-26(34(39)40)13-21(30(19)46-2)7-23-15-28(36(43)44)16-24(32(23)48-4)8-22-14-27(35(41)42)12-20(31(22)47-3)6-18(29)10-25(9-17)33(37)38;6*1-6-2-4-7-5-3-6/h9-16H,5-8H2,1-4H3,(H,37,38)(H,39,40)(H,41,42)(H,43,44);6*2-5H,1H3. The predicted octanol–water partition coefficient (Wildman–Crippen LogP) is 13.5. The van der Waals surface area contributed by atoms with Gasteiger partial charge in [0, 0.05) is 100 Å². The topological polar surface area (TPSA) is 263 Å². The molecule has 18 nitrogen and oxygen atoms in total. The first-order chi connectivity index (χ1) is 43.2. The van der Waals surface area contributed by atoms with Gasteiger partial charge in [-0.05, 0) is 241 Å². The number of ether oxygens (including phenoxy) is 4. The normalized spacial score (nSPS) is 10.5. The Labute approximate surface area is 524 Å². The van der Waals surface area contributed by atoms with Crippen LogP contribution in [0.5, 0.6) is 23.0 Å². The summed E-state index contributed by atoms with van der Waals surface area (Å²) >= 11 is 0. The Morgan fingerprint density at radius 2 is 0.389 bits per heavy atom. The number of fused-ring (bicyclic) bond motifs is 8. The maximum Gasteiger partial charge on any atom is 0.335 e. The number of hydrogen-bond acceptors (Lipinski definition) is 14. The summed E-state index contributed by atoms with van der Waals surface area (Å²) in [6, 6.07) is 35.1. The lowest BCUT2D eigenvalue weighted by Crippen LogP contribution is -2.11. The molecule has 1 aliphatic rings. The number of carboxylic acid groups (broad SMARTS) is 4. The molecule has 0 spiro atoms. The number of aromatic nitrogens is 6. The van der Waals surface area contributed by atoms with Crippen molar-refractivity contribution in [1.82, 2.24) is 29.9 Å². The van der Waals surface area contributed by atoms with Crippen molar-refractivity contribution in [2.45, 2.75) is 67.2 Å². The molecule has 6 aromatic heterocycles. The lowest BCUT2D eigenvalue weighted by atomic mass is 9.88. The second kappa shape index (κ2) is 36.1. The first kappa shape index (κ1) is 69.6. The number of methoxy groups -OCH3 is 4. The van der Waals surface area contributed by atoms with Gasteiger partial charge in [0.2, 0.25) is 0 Å². The van der Waals surface area contributed by atoms with Crippen LogP contribution in [0.2, 0.25) is 0 Å². The molecule has 0 saturated heterocycles. The average molecular weight is 1220 g/mol. The largest absolute Gasteiger partial charge is 0.496 e. The molecule has 10 aromatic rings. The minimum atomic E-state index is -1.21. The number of pyridine rings is 6. The molecular formula is C72H74N6O12. The van der Waals surface area contributed by atoms with Crippen LogP contribution < -0.4 is 18.9 Å². The van der Waals surface area contributed by atoms with Crippen LogP contribution in [0.1, 0.15) is 119 Å². The molecule has 6 heterocycles. The van der Waals surface area contributed by atoms with Crippen molar-refractivity contribution >= 4 is 23.9 Å². The summed E-state index contributed by atoms with van der Waals surface area (Å²) in [5.74, 6) is -3.59. The van der Waals surface area contributed by atoms with E-state index in [-0.39, 0.29) is 47.9 Å². The van der Waals surface area contributed by atoms with Crippen LogP contribution in [0, 0.1) is 41.5 Å². The molecule has 0 radical (unpaired) electrons. The molecule has 464 valence electrons. The van der Waals surface area contributed by atoms with Crippen molar-refractivity contribution in [2.24, 2.45) is 0 Å². The van der Waals surface area contributed by atoms with Crippen molar-refractivity contribution in [3.63, 3.8) is 0 Å². The van der Waals surface area contributed by atoms with Gasteiger partial charge in [-0.2, -0.15) is 0 Å². The van der Waals surface area contributed by atoms with Crippen LogP contribution in [0.4, 0.5) is 0 Å². The zero-order chi connectivity index (χ0) is 65.5. The quantitative estimate of drug-likeness (QED) is 0.110. The zero-order valence-electron chi connectivity index (χ0n) is 52.0. The molecule has 0 amide bonds. The third-order valence-electron chi connectivity index (χ3n) is 13.4. The highest BCUT2D eigenvalue weighted by Crippen LogP contribution is 2.40. The van der Waals surface area contributed by atoms with E-state index in [0.717, 1.165) is 0 Å². The highest BCUT2D eigenvalue weighted by Gasteiger charge is 2.26. The Kier molecular flexibility index (Phi) is 27.9. The summed E-state index contributed by atoms with van der Waals surface area (Å²) in [5.41, 5.74) is 10.6. The van der Waals surface area contributed by atoms with E-state index >= 15 is 0 Å². The maximum atomic E-state index is 12.3. The number of aromatic carboxylic acids is 4. The van der Waals surface area contributed by atoms with Crippen molar-refractivity contribution in [2.75, 3.05) is 28.4 Å². The predicted molar refractivity (Wildman–Crippen MR) is 345 cm³/mol. The third-order valence-corrected chi connectivity index (χ3v) is 13.4. The van der Waals surface area contributed by atoms with Gasteiger partial charge in [-0.3, -0.25) is 29.9 Å². The molecule has 11 rings (SSSR count). The first-order valence-electron chi connectivity index (χ1n) is 28.2. The molecule has 0 saturated carbocycles. The van der Waals surface area contributed by atoms with E-state index < -0.39 is 23.9 Å². The summed E-state index contributed by atoms with van der Waals surface area (Å²) < 4.78 is 23.3. The molecule has 18 heteroatoms. The van der Waals surface area contributed by atoms with Gasteiger partial charge in [0.25, 0.3) is 0 Å². The number of carboxylic acids is 4. The van der Waals surface area contributed by atoms with E-state index in [1.54, 1.807) is 74.4 Å². The highest BCUT2D eigenvalue weighted by atomic mass is 16.5. The van der Waals surface area contributed by atoms with Crippen LogP contribution in [0.15, 0.2) is 196 Å². The van der Waals surface area contributed by atoms with E-state index in [2.05, 4.69) is 29.9 Å². The van der Waals surface area contributed by atoms with Crippen LogP contribution >= 0.6 is 0 Å². The molecule has 4 aromatic carbocycles. The number of carbonyl (C=O) groups is 4. The van der Waals surface area contributed by atoms with E-state index in [9.17, 15) is 39.6 Å². The first-order valence-corrected chi connectivity index (χ1v) is 28.2. The molecular weight excluding hydrogens is 1140 g/mol. The highest BCUT2D eigenvalue weighted by molar-refractivity contribution is 5.91. The molecule has 1 aliphatic carbocycles. The number of nitrogens with zero attached hydrogens (tertiary/aromatic N) is 6. The van der Waals surface area contributed by atoms with Gasteiger partial charge in [0.15, 0.2) is 0 Å². The molecule has 0 fully saturated rings. The third kappa shape index (κ3) is 22.3. The van der Waals surface area contributed by atoms with Crippen LogP contribution in [0.3, 0.4) is 0 Å². The Bertz CT molecular complexity index is 3230. The van der Waals surface area contributed by atoms with Gasteiger partial charge in [0.05, 0.1) is 50.7 Å². The van der Waals surface area contributed by atoms with E-state index in [0.29, 0.717) is 67.5 Å². The van der Waals surface area contributed by atoms with Gasteiger partial charge in [-0.25, -0.2) is 19.2 Å². The Hall–Kier alpha value is -11.1. The number of benzene rings is 4. The van der Waals surface area contributed by atoms with Crippen LogP contribution in [-0.2, 0) is 25.7 Å². The van der Waals surface area contributed by atoms with E-state index in [1.807, 2.05) is 114 Å². The second-order valence-corrected chi connectivity index (χ2v) is 20.4. The second-order valence-electron chi connectivity index (χ2n) is 20.4. The fourth-order valence-corrected chi connectivity index (χ4v) is 8.99. The molecule has 8 bridgehead atoms. The average Bonchev–Trinajstić information content (AvgIpc) is 0.885. The summed E-state index contributed by atoms with van der Waals surface area (Å²) in [4.78, 5) is 72.4. The Morgan fingerprint density at radius 3 is 0.467 bits per heavy atom. The fraction of sp³-hybridized carbons (Fsp3) is 0.194. The van der Waals surface area contributed by atoms with Crippen LogP contribution in [-0.4, -0.2) is 103 Å². The summed E-state index contributed by atoms with van der Waals surface area (Å²) in [6.45, 7) is 12.3. The van der Waals surface area contributed by atoms with Crippen molar-refractivity contribution in [3.8, 4) is 23.0 Å². The Morgan fingerprint density at radius 1 is 0.267 bits per heavy atom. The van der Waals surface area contributed by atoms with E-state index in [4.69, 9.17) is 18.9 Å².